The quantitative estimate of drug-likeness (QED) is 0.463. The fourth-order valence-corrected chi connectivity index (χ4v) is 3.60. The van der Waals surface area contributed by atoms with E-state index in [1.165, 1.54) is 34.3 Å². The van der Waals surface area contributed by atoms with Crippen LogP contribution in [0.4, 0.5) is 10.1 Å². The molecule has 2 aromatic heterocycles. The van der Waals surface area contributed by atoms with Crippen LogP contribution in [-0.4, -0.2) is 31.5 Å². The third kappa shape index (κ3) is 4.25. The smallest absolute Gasteiger partial charge is 0.290 e. The summed E-state index contributed by atoms with van der Waals surface area (Å²) in [6.45, 7) is 2.08. The summed E-state index contributed by atoms with van der Waals surface area (Å²) in [7, 11) is 0. The van der Waals surface area contributed by atoms with Crippen molar-refractivity contribution in [1.29, 1.82) is 0 Å². The number of carbonyl (C=O) groups is 1. The maximum Gasteiger partial charge on any atom is 0.290 e. The van der Waals surface area contributed by atoms with Crippen molar-refractivity contribution in [2.75, 3.05) is 11.1 Å². The van der Waals surface area contributed by atoms with E-state index >= 15 is 0 Å². The molecule has 0 spiro atoms. The normalized spacial score (nSPS) is 11.0. The number of aryl methyl sites for hydroxylation is 1. The molecule has 152 valence electrons. The third-order valence-electron chi connectivity index (χ3n) is 4.49. The number of anilines is 1. The van der Waals surface area contributed by atoms with Gasteiger partial charge in [-0.3, -0.25) is 9.59 Å². The van der Waals surface area contributed by atoms with Crippen LogP contribution in [0.5, 0.6) is 0 Å². The Morgan fingerprint density at radius 3 is 2.60 bits per heavy atom. The van der Waals surface area contributed by atoms with E-state index in [0.717, 1.165) is 23.7 Å². The van der Waals surface area contributed by atoms with Crippen LogP contribution in [0.1, 0.15) is 12.5 Å². The molecule has 4 rings (SSSR count). The minimum atomic E-state index is -0.374. The van der Waals surface area contributed by atoms with Crippen LogP contribution in [0.2, 0.25) is 0 Å². The lowest BCUT2D eigenvalue weighted by Crippen LogP contribution is -2.17. The summed E-state index contributed by atoms with van der Waals surface area (Å²) < 4.78 is 14.4. The molecule has 0 saturated carbocycles. The number of nitrogens with one attached hydrogen (secondary N) is 2. The monoisotopic (exact) mass is 423 g/mol. The Morgan fingerprint density at radius 1 is 1.17 bits per heavy atom. The van der Waals surface area contributed by atoms with Crippen molar-refractivity contribution in [3.63, 3.8) is 0 Å². The molecule has 0 radical (unpaired) electrons. The van der Waals surface area contributed by atoms with Crippen LogP contribution in [0.25, 0.3) is 16.8 Å². The number of aromatic amines is 1. The summed E-state index contributed by atoms with van der Waals surface area (Å²) in [5, 5.41) is 14.1. The van der Waals surface area contributed by atoms with Crippen molar-refractivity contribution in [3.8, 4) is 11.3 Å². The number of H-pyrrole nitrogens is 1. The summed E-state index contributed by atoms with van der Waals surface area (Å²) >= 11 is 1.14. The summed E-state index contributed by atoms with van der Waals surface area (Å²) in [4.78, 5) is 24.4. The zero-order chi connectivity index (χ0) is 21.1. The molecule has 0 atom stereocenters. The van der Waals surface area contributed by atoms with Gasteiger partial charge in [0.15, 0.2) is 0 Å². The van der Waals surface area contributed by atoms with Gasteiger partial charge in [0.25, 0.3) is 5.56 Å². The van der Waals surface area contributed by atoms with Crippen molar-refractivity contribution in [3.05, 3.63) is 76.3 Å². The summed E-state index contributed by atoms with van der Waals surface area (Å²) in [5.41, 5.74) is 3.23. The molecule has 0 aliphatic carbocycles. The molecule has 1 amide bonds. The highest BCUT2D eigenvalue weighted by atomic mass is 32.2. The van der Waals surface area contributed by atoms with Gasteiger partial charge in [0.1, 0.15) is 11.3 Å². The van der Waals surface area contributed by atoms with Gasteiger partial charge in [-0.25, -0.2) is 14.0 Å². The Bertz CT molecular complexity index is 1250. The number of fused-ring (bicyclic) bond motifs is 1. The van der Waals surface area contributed by atoms with Crippen LogP contribution >= 0.6 is 11.8 Å². The zero-order valence-electron chi connectivity index (χ0n) is 16.1. The number of rotatable bonds is 6. The van der Waals surface area contributed by atoms with E-state index in [2.05, 4.69) is 27.5 Å². The van der Waals surface area contributed by atoms with Gasteiger partial charge >= 0.3 is 0 Å². The van der Waals surface area contributed by atoms with Crippen molar-refractivity contribution in [2.45, 2.75) is 18.5 Å². The minimum absolute atomic E-state index is 0.0475. The average molecular weight is 423 g/mol. The number of aromatic nitrogens is 4. The Kier molecular flexibility index (Phi) is 5.62. The Hall–Kier alpha value is -3.46. The van der Waals surface area contributed by atoms with E-state index in [-0.39, 0.29) is 23.0 Å². The van der Waals surface area contributed by atoms with Gasteiger partial charge in [0.2, 0.25) is 11.1 Å². The van der Waals surface area contributed by atoms with Crippen LogP contribution in [0, 0.1) is 5.82 Å². The minimum Gasteiger partial charge on any atom is -0.325 e. The van der Waals surface area contributed by atoms with E-state index in [1.807, 2.05) is 24.3 Å². The van der Waals surface area contributed by atoms with Gasteiger partial charge in [0, 0.05) is 11.3 Å². The fourth-order valence-electron chi connectivity index (χ4n) is 2.90. The molecular weight excluding hydrogens is 405 g/mol. The molecular formula is C21H18FN5O2S. The van der Waals surface area contributed by atoms with Crippen molar-refractivity contribution >= 4 is 28.9 Å². The maximum atomic E-state index is 13.0. The molecule has 0 aliphatic heterocycles. The molecule has 0 saturated heterocycles. The Balaban J connectivity index is 1.54. The lowest BCUT2D eigenvalue weighted by molar-refractivity contribution is -0.113. The third-order valence-corrected chi connectivity index (χ3v) is 5.42. The van der Waals surface area contributed by atoms with E-state index in [4.69, 9.17) is 0 Å². The molecule has 4 aromatic rings. The number of thioether (sulfide) groups is 1. The first kappa shape index (κ1) is 19.8. The molecule has 9 heteroatoms. The van der Waals surface area contributed by atoms with Crippen molar-refractivity contribution in [2.24, 2.45) is 0 Å². The lowest BCUT2D eigenvalue weighted by Gasteiger charge is -2.05. The fraction of sp³-hybridized carbons (Fsp3) is 0.143. The van der Waals surface area contributed by atoms with Gasteiger partial charge in [-0.2, -0.15) is 5.10 Å². The predicted octanol–water partition coefficient (Wildman–Crippen LogP) is 3.52. The number of carbonyl (C=O) groups excluding carboxylic acids is 1. The predicted molar refractivity (Wildman–Crippen MR) is 114 cm³/mol. The largest absolute Gasteiger partial charge is 0.325 e. The zero-order valence-corrected chi connectivity index (χ0v) is 16.9. The maximum absolute atomic E-state index is 13.0. The van der Waals surface area contributed by atoms with Crippen molar-refractivity contribution < 1.29 is 9.18 Å². The Labute approximate surface area is 175 Å². The van der Waals surface area contributed by atoms with Gasteiger partial charge in [0.05, 0.1) is 11.4 Å². The number of hydrogen-bond acceptors (Lipinski definition) is 5. The SMILES string of the molecule is CCc1ccc(-c2cc3c(=O)[nH]nc(SCC(=O)Nc4ccc(F)cc4)n3n2)cc1. The summed E-state index contributed by atoms with van der Waals surface area (Å²) in [6.07, 6.45) is 0.940. The molecule has 7 nitrogen and oxygen atoms in total. The number of benzene rings is 2. The molecule has 0 bridgehead atoms. The first-order valence-corrected chi connectivity index (χ1v) is 10.3. The van der Waals surface area contributed by atoms with Gasteiger partial charge in [-0.1, -0.05) is 43.0 Å². The highest BCUT2D eigenvalue weighted by Gasteiger charge is 2.14. The molecule has 2 aromatic carbocycles. The van der Waals surface area contributed by atoms with E-state index in [1.54, 1.807) is 6.07 Å². The molecule has 0 fully saturated rings. The molecule has 0 unspecified atom stereocenters. The first-order chi connectivity index (χ1) is 14.5. The van der Waals surface area contributed by atoms with Crippen molar-refractivity contribution in [1.82, 2.24) is 19.8 Å². The number of amides is 1. The van der Waals surface area contributed by atoms with Crippen LogP contribution in [0.15, 0.2) is 64.5 Å². The highest BCUT2D eigenvalue weighted by Crippen LogP contribution is 2.22. The van der Waals surface area contributed by atoms with E-state index in [0.29, 0.717) is 22.1 Å². The summed E-state index contributed by atoms with van der Waals surface area (Å²) in [6, 6.07) is 15.2. The van der Waals surface area contributed by atoms with Crippen LogP contribution < -0.4 is 10.9 Å². The summed E-state index contributed by atoms with van der Waals surface area (Å²) in [5.74, 6) is -0.609. The molecule has 0 aliphatic rings. The number of nitrogens with zero attached hydrogens (tertiary/aromatic N) is 3. The second-order valence-electron chi connectivity index (χ2n) is 6.56. The first-order valence-electron chi connectivity index (χ1n) is 9.29. The van der Waals surface area contributed by atoms with Gasteiger partial charge in [-0.15, -0.1) is 5.10 Å². The lowest BCUT2D eigenvalue weighted by atomic mass is 10.1. The van der Waals surface area contributed by atoms with Crippen LogP contribution in [0.3, 0.4) is 0 Å². The Morgan fingerprint density at radius 2 is 1.90 bits per heavy atom. The topological polar surface area (TPSA) is 92.1 Å². The standard InChI is InChI=1S/C21H18FN5O2S/c1-2-13-3-5-14(6-4-13)17-11-18-20(29)24-25-21(27(18)26-17)30-12-19(28)23-16-9-7-15(22)8-10-16/h3-11H,2,12H2,1H3,(H,23,28)(H,24,29). The number of halogens is 1. The van der Waals surface area contributed by atoms with Crippen LogP contribution in [-0.2, 0) is 11.2 Å². The number of hydrogen-bond donors (Lipinski definition) is 2. The molecule has 2 N–H and O–H groups in total. The van der Waals surface area contributed by atoms with Gasteiger partial charge < -0.3 is 5.32 Å². The molecule has 30 heavy (non-hydrogen) atoms. The highest BCUT2D eigenvalue weighted by molar-refractivity contribution is 7.99. The molecule has 2 heterocycles. The van der Waals surface area contributed by atoms with E-state index < -0.39 is 0 Å². The average Bonchev–Trinajstić information content (AvgIpc) is 3.21. The second-order valence-corrected chi connectivity index (χ2v) is 7.50. The second kappa shape index (κ2) is 8.50. The van der Waals surface area contributed by atoms with Gasteiger partial charge in [-0.05, 0) is 42.3 Å². The van der Waals surface area contributed by atoms with E-state index in [9.17, 15) is 14.0 Å².